The van der Waals surface area contributed by atoms with E-state index in [0.29, 0.717) is 6.54 Å². The highest BCUT2D eigenvalue weighted by Gasteiger charge is 2.20. The smallest absolute Gasteiger partial charge is 0.251 e. The molecule has 0 saturated carbocycles. The van der Waals surface area contributed by atoms with E-state index in [4.69, 9.17) is 11.6 Å². The zero-order valence-electron chi connectivity index (χ0n) is 15.8. The molecule has 0 heterocycles. The summed E-state index contributed by atoms with van der Waals surface area (Å²) < 4.78 is 23.6. The number of nitrogens with zero attached hydrogens (tertiary/aromatic N) is 1. The summed E-state index contributed by atoms with van der Waals surface area (Å²) in [6.45, 7) is 6.29. The van der Waals surface area contributed by atoms with E-state index in [1.54, 1.807) is 0 Å². The summed E-state index contributed by atoms with van der Waals surface area (Å²) in [7, 11) is -3.51. The summed E-state index contributed by atoms with van der Waals surface area (Å²) >= 11 is 5.95. The first kappa shape index (κ1) is 21.4. The molecule has 0 spiro atoms. The van der Waals surface area contributed by atoms with Crippen molar-refractivity contribution in [2.75, 3.05) is 25.9 Å². The van der Waals surface area contributed by atoms with Gasteiger partial charge < -0.3 is 5.32 Å². The van der Waals surface area contributed by atoms with Crippen LogP contribution in [0.4, 0.5) is 0 Å². The van der Waals surface area contributed by atoms with E-state index in [0.717, 1.165) is 24.9 Å². The van der Waals surface area contributed by atoms with Crippen molar-refractivity contribution in [3.8, 4) is 0 Å². The van der Waals surface area contributed by atoms with Gasteiger partial charge in [-0.05, 0) is 36.9 Å². The van der Waals surface area contributed by atoms with E-state index in [-0.39, 0.29) is 27.4 Å². The Balaban J connectivity index is 2.21. The molecule has 0 aliphatic heterocycles. The molecule has 1 amide bonds. The number of hydrogen-bond acceptors (Lipinski definition) is 4. The lowest BCUT2D eigenvalue weighted by atomic mass is 10.0. The van der Waals surface area contributed by atoms with E-state index in [1.165, 1.54) is 18.2 Å². The Morgan fingerprint density at radius 2 is 1.74 bits per heavy atom. The van der Waals surface area contributed by atoms with Crippen molar-refractivity contribution >= 4 is 27.3 Å². The molecule has 1 atom stereocenters. The van der Waals surface area contributed by atoms with Crippen LogP contribution in [0, 0.1) is 0 Å². The van der Waals surface area contributed by atoms with E-state index in [9.17, 15) is 13.2 Å². The number of hydrogen-bond donors (Lipinski definition) is 1. The molecule has 2 aromatic rings. The van der Waals surface area contributed by atoms with Crippen molar-refractivity contribution in [3.63, 3.8) is 0 Å². The molecule has 5 nitrogen and oxygen atoms in total. The van der Waals surface area contributed by atoms with Gasteiger partial charge in [0.15, 0.2) is 9.84 Å². The fourth-order valence-corrected chi connectivity index (χ4v) is 4.32. The zero-order valence-corrected chi connectivity index (χ0v) is 17.3. The lowest BCUT2D eigenvalue weighted by Crippen LogP contribution is -2.38. The zero-order chi connectivity index (χ0) is 20.0. The standard InChI is InChI=1S/C20H25ClN2O3S/c1-4-23(5-2)18(15-9-7-6-8-10-15)14-22-20(24)16-11-12-17(21)19(13-16)27(3,25)26/h6-13,18H,4-5,14H2,1-3H3,(H,22,24). The highest BCUT2D eigenvalue weighted by atomic mass is 35.5. The molecule has 0 saturated heterocycles. The molecule has 27 heavy (non-hydrogen) atoms. The average molecular weight is 409 g/mol. The maximum Gasteiger partial charge on any atom is 0.251 e. The van der Waals surface area contributed by atoms with E-state index in [1.807, 2.05) is 30.3 Å². The average Bonchev–Trinajstić information content (AvgIpc) is 2.65. The second kappa shape index (κ2) is 9.35. The van der Waals surface area contributed by atoms with Gasteiger partial charge in [-0.25, -0.2) is 8.42 Å². The molecule has 1 unspecified atom stereocenters. The number of nitrogens with one attached hydrogen (secondary N) is 1. The van der Waals surface area contributed by atoms with Crippen molar-refractivity contribution in [1.29, 1.82) is 0 Å². The van der Waals surface area contributed by atoms with Gasteiger partial charge in [0.1, 0.15) is 0 Å². The highest BCUT2D eigenvalue weighted by Crippen LogP contribution is 2.23. The minimum Gasteiger partial charge on any atom is -0.350 e. The van der Waals surface area contributed by atoms with Crippen LogP contribution < -0.4 is 5.32 Å². The number of carbonyl (C=O) groups is 1. The predicted octanol–water partition coefficient (Wildman–Crippen LogP) is 3.56. The van der Waals surface area contributed by atoms with Gasteiger partial charge in [-0.2, -0.15) is 0 Å². The summed E-state index contributed by atoms with van der Waals surface area (Å²) in [5.41, 5.74) is 1.39. The summed E-state index contributed by atoms with van der Waals surface area (Å²) in [4.78, 5) is 14.8. The quantitative estimate of drug-likeness (QED) is 0.725. The summed E-state index contributed by atoms with van der Waals surface area (Å²) in [5, 5.41) is 3.04. The lowest BCUT2D eigenvalue weighted by molar-refractivity contribution is 0.0934. The summed E-state index contributed by atoms with van der Waals surface area (Å²) in [5.74, 6) is -0.329. The van der Waals surface area contributed by atoms with Crippen molar-refractivity contribution in [2.24, 2.45) is 0 Å². The van der Waals surface area contributed by atoms with Crippen LogP contribution in [0.5, 0.6) is 0 Å². The second-order valence-corrected chi connectivity index (χ2v) is 8.67. The molecule has 0 fully saturated rings. The molecular weight excluding hydrogens is 384 g/mol. The monoisotopic (exact) mass is 408 g/mol. The molecule has 0 aliphatic rings. The van der Waals surface area contributed by atoms with Crippen LogP contribution in [0.25, 0.3) is 0 Å². The van der Waals surface area contributed by atoms with Gasteiger partial charge >= 0.3 is 0 Å². The van der Waals surface area contributed by atoms with E-state index >= 15 is 0 Å². The normalized spacial score (nSPS) is 12.8. The Hall–Kier alpha value is -1.89. The maximum absolute atomic E-state index is 12.6. The van der Waals surface area contributed by atoms with Crippen molar-refractivity contribution in [1.82, 2.24) is 10.2 Å². The molecule has 0 bridgehead atoms. The molecule has 1 N–H and O–H groups in total. The van der Waals surface area contributed by atoms with Gasteiger partial charge in [-0.3, -0.25) is 9.69 Å². The third kappa shape index (κ3) is 5.54. The minimum absolute atomic E-state index is 0.0341. The summed E-state index contributed by atoms with van der Waals surface area (Å²) in [6.07, 6.45) is 1.07. The van der Waals surface area contributed by atoms with Crippen LogP contribution in [0.15, 0.2) is 53.4 Å². The van der Waals surface area contributed by atoms with Crippen LogP contribution in [-0.2, 0) is 9.84 Å². The maximum atomic E-state index is 12.6. The Kier molecular flexibility index (Phi) is 7.41. The molecule has 0 aromatic heterocycles. The number of carbonyl (C=O) groups excluding carboxylic acids is 1. The van der Waals surface area contributed by atoms with Gasteiger partial charge in [0.2, 0.25) is 0 Å². The fourth-order valence-electron chi connectivity index (χ4n) is 3.02. The van der Waals surface area contributed by atoms with Gasteiger partial charge in [-0.15, -0.1) is 0 Å². The third-order valence-electron chi connectivity index (χ3n) is 4.49. The van der Waals surface area contributed by atoms with Crippen LogP contribution in [0.2, 0.25) is 5.02 Å². The first-order chi connectivity index (χ1) is 12.8. The van der Waals surface area contributed by atoms with Gasteiger partial charge in [0.05, 0.1) is 16.0 Å². The van der Waals surface area contributed by atoms with Gasteiger partial charge in [-0.1, -0.05) is 55.8 Å². The van der Waals surface area contributed by atoms with Crippen LogP contribution >= 0.6 is 11.6 Å². The van der Waals surface area contributed by atoms with E-state index in [2.05, 4.69) is 24.1 Å². The number of likely N-dealkylation sites (N-methyl/N-ethyl adjacent to an activating group) is 1. The van der Waals surface area contributed by atoms with Gasteiger partial charge in [0, 0.05) is 18.4 Å². The Labute approximate surface area is 166 Å². The van der Waals surface area contributed by atoms with Gasteiger partial charge in [0.25, 0.3) is 5.91 Å². The highest BCUT2D eigenvalue weighted by molar-refractivity contribution is 7.90. The fraction of sp³-hybridized carbons (Fsp3) is 0.350. The Morgan fingerprint density at radius 1 is 1.11 bits per heavy atom. The SMILES string of the molecule is CCN(CC)C(CNC(=O)c1ccc(Cl)c(S(C)(=O)=O)c1)c1ccccc1. The van der Waals surface area contributed by atoms with Crippen molar-refractivity contribution in [3.05, 3.63) is 64.7 Å². The topological polar surface area (TPSA) is 66.5 Å². The summed E-state index contributed by atoms with van der Waals surface area (Å²) in [6, 6.07) is 14.3. The number of halogens is 1. The second-order valence-electron chi connectivity index (χ2n) is 6.28. The third-order valence-corrected chi connectivity index (χ3v) is 6.06. The number of rotatable bonds is 8. The molecule has 7 heteroatoms. The van der Waals surface area contributed by atoms with Crippen LogP contribution in [-0.4, -0.2) is 45.1 Å². The van der Waals surface area contributed by atoms with Crippen LogP contribution in [0.1, 0.15) is 35.8 Å². The molecule has 146 valence electrons. The number of benzene rings is 2. The van der Waals surface area contributed by atoms with Crippen molar-refractivity contribution in [2.45, 2.75) is 24.8 Å². The first-order valence-corrected chi connectivity index (χ1v) is 11.1. The molecule has 0 aliphatic carbocycles. The number of sulfone groups is 1. The molecule has 2 rings (SSSR count). The van der Waals surface area contributed by atoms with Crippen molar-refractivity contribution < 1.29 is 13.2 Å². The van der Waals surface area contributed by atoms with E-state index < -0.39 is 9.84 Å². The van der Waals surface area contributed by atoms with Crippen LogP contribution in [0.3, 0.4) is 0 Å². The Morgan fingerprint density at radius 3 is 2.30 bits per heavy atom. The minimum atomic E-state index is -3.51. The first-order valence-electron chi connectivity index (χ1n) is 8.84. The Bertz CT molecular complexity index is 881. The lowest BCUT2D eigenvalue weighted by Gasteiger charge is -2.30. The predicted molar refractivity (Wildman–Crippen MR) is 109 cm³/mol. The molecule has 2 aromatic carbocycles. The largest absolute Gasteiger partial charge is 0.350 e. The molecule has 0 radical (unpaired) electrons. The molecular formula is C20H25ClN2O3S. The number of amides is 1.